The van der Waals surface area contributed by atoms with Gasteiger partial charge in [0.2, 0.25) is 11.7 Å². The van der Waals surface area contributed by atoms with Gasteiger partial charge in [0.25, 0.3) is 5.56 Å². The average Bonchev–Trinajstić information content (AvgIpc) is 3.41. The Morgan fingerprint density at radius 3 is 2.53 bits per heavy atom. The summed E-state index contributed by atoms with van der Waals surface area (Å²) >= 11 is 12.9. The molecule has 0 atom stereocenters. The predicted molar refractivity (Wildman–Crippen MR) is 153 cm³/mol. The molecule has 3 aromatic heterocycles. The number of hydrogen-bond acceptors (Lipinski definition) is 7. The van der Waals surface area contributed by atoms with Gasteiger partial charge in [-0.05, 0) is 49.4 Å². The van der Waals surface area contributed by atoms with Crippen LogP contribution in [0.3, 0.4) is 0 Å². The van der Waals surface area contributed by atoms with E-state index in [9.17, 15) is 4.79 Å². The fourth-order valence-corrected chi connectivity index (χ4v) is 5.51. The van der Waals surface area contributed by atoms with Crippen LogP contribution in [-0.2, 0) is 6.42 Å². The number of imidazole rings is 1. The van der Waals surface area contributed by atoms with Crippen LogP contribution in [0.15, 0.2) is 59.8 Å². The van der Waals surface area contributed by atoms with E-state index in [1.54, 1.807) is 35.0 Å². The molecule has 0 unspecified atom stereocenters. The first-order chi connectivity index (χ1) is 18.4. The quantitative estimate of drug-likeness (QED) is 0.338. The number of likely N-dealkylation sites (N-methyl/N-ethyl adjacent to an activating group) is 1. The maximum atomic E-state index is 13.6. The van der Waals surface area contributed by atoms with E-state index in [0.717, 1.165) is 38.3 Å². The zero-order chi connectivity index (χ0) is 26.4. The number of piperazine rings is 1. The largest absolute Gasteiger partial charge is 0.369 e. The number of halogens is 2. The van der Waals surface area contributed by atoms with Crippen LogP contribution >= 0.6 is 23.2 Å². The first-order valence-corrected chi connectivity index (χ1v) is 13.2. The van der Waals surface area contributed by atoms with E-state index in [1.165, 1.54) is 22.0 Å². The van der Waals surface area contributed by atoms with E-state index in [2.05, 4.69) is 51.2 Å². The van der Waals surface area contributed by atoms with Gasteiger partial charge in [-0.3, -0.25) is 9.20 Å². The highest BCUT2D eigenvalue weighted by atomic mass is 35.5. The normalized spacial score (nSPS) is 14.5. The van der Waals surface area contributed by atoms with Crippen molar-refractivity contribution in [2.45, 2.75) is 13.3 Å². The smallest absolute Gasteiger partial charge is 0.270 e. The molecule has 1 saturated heterocycles. The summed E-state index contributed by atoms with van der Waals surface area (Å²) in [5.41, 5.74) is 3.86. The van der Waals surface area contributed by atoms with Crippen molar-refractivity contribution in [3.8, 4) is 5.69 Å². The molecule has 1 aliphatic rings. The molecule has 4 heterocycles. The molecular formula is C27H26Cl2N8O. The zero-order valence-corrected chi connectivity index (χ0v) is 22.5. The Labute approximate surface area is 229 Å². The molecule has 0 spiro atoms. The van der Waals surface area contributed by atoms with Crippen LogP contribution in [-0.4, -0.2) is 62.0 Å². The third kappa shape index (κ3) is 4.26. The lowest BCUT2D eigenvalue weighted by Gasteiger charge is -2.35. The molecule has 38 heavy (non-hydrogen) atoms. The summed E-state index contributed by atoms with van der Waals surface area (Å²) in [4.78, 5) is 31.9. The molecule has 0 amide bonds. The molecule has 0 aliphatic carbocycles. The molecule has 1 fully saturated rings. The van der Waals surface area contributed by atoms with Gasteiger partial charge in [0, 0.05) is 56.1 Å². The van der Waals surface area contributed by atoms with Crippen LogP contribution < -0.4 is 15.8 Å². The van der Waals surface area contributed by atoms with Gasteiger partial charge < -0.3 is 15.1 Å². The van der Waals surface area contributed by atoms with E-state index in [1.807, 2.05) is 6.07 Å². The molecule has 194 valence electrons. The Hall–Kier alpha value is -3.66. The third-order valence-corrected chi connectivity index (χ3v) is 7.58. The van der Waals surface area contributed by atoms with Crippen molar-refractivity contribution in [3.05, 3.63) is 81.0 Å². The van der Waals surface area contributed by atoms with Crippen molar-refractivity contribution in [2.24, 2.45) is 0 Å². The lowest BCUT2D eigenvalue weighted by molar-refractivity contribution is 0.312. The van der Waals surface area contributed by atoms with Crippen molar-refractivity contribution in [3.63, 3.8) is 0 Å². The Morgan fingerprint density at radius 1 is 1.03 bits per heavy atom. The number of rotatable bonds is 5. The molecule has 5 aromatic rings. The maximum Gasteiger partial charge on any atom is 0.270 e. The van der Waals surface area contributed by atoms with Gasteiger partial charge in [-0.15, -0.1) is 0 Å². The second-order valence-electron chi connectivity index (χ2n) is 9.35. The molecule has 1 N–H and O–H groups in total. The van der Waals surface area contributed by atoms with Crippen molar-refractivity contribution in [2.75, 3.05) is 43.4 Å². The molecule has 11 heteroatoms. The first kappa shape index (κ1) is 24.7. The van der Waals surface area contributed by atoms with Crippen LogP contribution in [0, 0.1) is 0 Å². The topological polar surface area (TPSA) is 83.6 Å². The van der Waals surface area contributed by atoms with E-state index >= 15 is 0 Å². The summed E-state index contributed by atoms with van der Waals surface area (Å²) in [5.74, 6) is 0.738. The first-order valence-electron chi connectivity index (χ1n) is 12.5. The SMILES string of the molecule is CCc1cc(Nc2ncc3c(=O)n(-c4c(Cl)cccc4Cl)c4nccn4c3n2)ccc1N1CCN(C)CC1. The number of nitrogens with zero attached hydrogens (tertiary/aromatic N) is 7. The van der Waals surface area contributed by atoms with Crippen LogP contribution in [0.5, 0.6) is 0 Å². The summed E-state index contributed by atoms with van der Waals surface area (Å²) in [5, 5.41) is 4.32. The van der Waals surface area contributed by atoms with Crippen molar-refractivity contribution < 1.29 is 0 Å². The van der Waals surface area contributed by atoms with Gasteiger partial charge in [-0.25, -0.2) is 14.5 Å². The highest BCUT2D eigenvalue weighted by Gasteiger charge is 2.20. The van der Waals surface area contributed by atoms with E-state index in [4.69, 9.17) is 28.2 Å². The molecular weight excluding hydrogens is 523 g/mol. The van der Waals surface area contributed by atoms with Crippen LogP contribution in [0.25, 0.3) is 22.5 Å². The van der Waals surface area contributed by atoms with Gasteiger partial charge in [0.05, 0.1) is 15.7 Å². The van der Waals surface area contributed by atoms with Gasteiger partial charge in [-0.1, -0.05) is 36.2 Å². The lowest BCUT2D eigenvalue weighted by atomic mass is 10.1. The van der Waals surface area contributed by atoms with Crippen molar-refractivity contribution >= 4 is 57.3 Å². The number of fused-ring (bicyclic) bond motifs is 3. The fourth-order valence-electron chi connectivity index (χ4n) is 4.94. The Bertz CT molecular complexity index is 1700. The predicted octanol–water partition coefficient (Wildman–Crippen LogP) is 4.79. The Morgan fingerprint density at radius 2 is 1.79 bits per heavy atom. The third-order valence-electron chi connectivity index (χ3n) is 6.97. The molecule has 0 radical (unpaired) electrons. The summed E-state index contributed by atoms with van der Waals surface area (Å²) in [7, 11) is 2.16. The van der Waals surface area contributed by atoms with E-state index < -0.39 is 0 Å². The number of anilines is 3. The molecule has 0 saturated carbocycles. The summed E-state index contributed by atoms with van der Waals surface area (Å²) in [6.07, 6.45) is 5.78. The minimum absolute atomic E-state index is 0.316. The second-order valence-corrected chi connectivity index (χ2v) is 10.2. The van der Waals surface area contributed by atoms with E-state index in [-0.39, 0.29) is 5.56 Å². The van der Waals surface area contributed by atoms with Crippen LogP contribution in [0.2, 0.25) is 10.0 Å². The molecule has 1 aliphatic heterocycles. The van der Waals surface area contributed by atoms with Gasteiger partial charge >= 0.3 is 0 Å². The molecule has 0 bridgehead atoms. The lowest BCUT2D eigenvalue weighted by Crippen LogP contribution is -2.44. The maximum absolute atomic E-state index is 13.6. The Kier molecular flexibility index (Phi) is 6.43. The molecule has 9 nitrogen and oxygen atoms in total. The van der Waals surface area contributed by atoms with Crippen molar-refractivity contribution in [1.82, 2.24) is 28.8 Å². The van der Waals surface area contributed by atoms with E-state index in [0.29, 0.717) is 38.5 Å². The standard InChI is InChI=1S/C27H26Cl2N8O/c1-3-17-15-18(7-8-22(17)35-13-11-34(2)12-14-35)32-26-31-16-19-24(33-26)36-10-9-30-27(36)37(25(19)38)23-20(28)5-4-6-21(23)29/h4-10,15-16H,3,11-14H2,1-2H3,(H,31,32,33). The second kappa shape index (κ2) is 9.90. The van der Waals surface area contributed by atoms with Crippen LogP contribution in [0.4, 0.5) is 17.3 Å². The molecule has 2 aromatic carbocycles. The molecule has 6 rings (SSSR count). The number of aromatic nitrogens is 5. The number of hydrogen-bond donors (Lipinski definition) is 1. The number of para-hydroxylation sites is 1. The minimum atomic E-state index is -0.356. The summed E-state index contributed by atoms with van der Waals surface area (Å²) in [6.45, 7) is 6.31. The zero-order valence-electron chi connectivity index (χ0n) is 21.0. The van der Waals surface area contributed by atoms with Gasteiger partial charge in [0.1, 0.15) is 5.39 Å². The van der Waals surface area contributed by atoms with Gasteiger partial charge in [0.15, 0.2) is 5.65 Å². The number of aryl methyl sites for hydroxylation is 1. The number of nitrogens with one attached hydrogen (secondary N) is 1. The highest BCUT2D eigenvalue weighted by molar-refractivity contribution is 6.37. The number of benzene rings is 2. The fraction of sp³-hybridized carbons (Fsp3) is 0.259. The Balaban J connectivity index is 1.39. The summed E-state index contributed by atoms with van der Waals surface area (Å²) < 4.78 is 3.13. The average molecular weight is 549 g/mol. The van der Waals surface area contributed by atoms with Gasteiger partial charge in [-0.2, -0.15) is 4.98 Å². The summed E-state index contributed by atoms with van der Waals surface area (Å²) in [6, 6.07) is 11.4. The highest BCUT2D eigenvalue weighted by Crippen LogP contribution is 2.30. The van der Waals surface area contributed by atoms with Crippen LogP contribution in [0.1, 0.15) is 12.5 Å². The van der Waals surface area contributed by atoms with Crippen molar-refractivity contribution in [1.29, 1.82) is 0 Å². The monoisotopic (exact) mass is 548 g/mol. The minimum Gasteiger partial charge on any atom is -0.369 e.